The molecule has 0 aromatic heterocycles. The Morgan fingerprint density at radius 2 is 1.69 bits per heavy atom. The van der Waals surface area contributed by atoms with Crippen LogP contribution in [-0.2, 0) is 27.3 Å². The summed E-state index contributed by atoms with van der Waals surface area (Å²) in [6, 6.07) is 21.7. The van der Waals surface area contributed by atoms with Crippen molar-refractivity contribution in [3.63, 3.8) is 0 Å². The third-order valence-corrected chi connectivity index (χ3v) is 5.18. The van der Waals surface area contributed by atoms with E-state index < -0.39 is 12.1 Å². The van der Waals surface area contributed by atoms with Gasteiger partial charge in [-0.1, -0.05) is 54.6 Å². The topological polar surface area (TPSA) is 55.8 Å². The summed E-state index contributed by atoms with van der Waals surface area (Å²) in [4.78, 5) is 26.6. The molecule has 0 fully saturated rings. The van der Waals surface area contributed by atoms with E-state index in [-0.39, 0.29) is 12.5 Å². The number of esters is 1. The van der Waals surface area contributed by atoms with Crippen molar-refractivity contribution in [1.29, 1.82) is 0 Å². The summed E-state index contributed by atoms with van der Waals surface area (Å²) in [6.07, 6.45) is -0.0267. The molecule has 148 valence electrons. The number of hydrogen-bond acceptors (Lipinski definition) is 4. The maximum Gasteiger partial charge on any atom is 0.344 e. The Balaban J connectivity index is 1.30. The molecule has 3 aromatic rings. The van der Waals surface area contributed by atoms with Gasteiger partial charge >= 0.3 is 5.97 Å². The van der Waals surface area contributed by atoms with E-state index in [1.165, 1.54) is 5.56 Å². The zero-order chi connectivity index (χ0) is 20.2. The van der Waals surface area contributed by atoms with E-state index >= 15 is 0 Å². The number of hydrogen-bond donors (Lipinski definition) is 0. The highest BCUT2D eigenvalue weighted by Gasteiger charge is 2.27. The average molecular weight is 389 g/mol. The molecule has 4 rings (SSSR count). The van der Waals surface area contributed by atoms with Gasteiger partial charge in [0, 0.05) is 13.1 Å². The number of carbonyl (C=O) groups is 2. The lowest BCUT2D eigenvalue weighted by molar-refractivity contribution is -0.161. The van der Waals surface area contributed by atoms with Crippen LogP contribution in [0.2, 0.25) is 0 Å². The normalized spacial score (nSPS) is 14.2. The monoisotopic (exact) mass is 389 g/mol. The largest absolute Gasteiger partial charge is 0.482 e. The van der Waals surface area contributed by atoms with Crippen molar-refractivity contribution < 1.29 is 19.1 Å². The van der Waals surface area contributed by atoms with Crippen LogP contribution >= 0.6 is 0 Å². The highest BCUT2D eigenvalue weighted by Crippen LogP contribution is 2.21. The van der Waals surface area contributed by atoms with Gasteiger partial charge in [-0.25, -0.2) is 4.79 Å². The van der Waals surface area contributed by atoms with Crippen molar-refractivity contribution in [2.45, 2.75) is 26.0 Å². The third-order valence-electron chi connectivity index (χ3n) is 5.18. The van der Waals surface area contributed by atoms with Gasteiger partial charge in [0.15, 0.2) is 12.7 Å². The molecule has 0 bridgehead atoms. The Morgan fingerprint density at radius 1 is 0.966 bits per heavy atom. The lowest BCUT2D eigenvalue weighted by Gasteiger charge is -2.30. The molecular weight excluding hydrogens is 366 g/mol. The second kappa shape index (κ2) is 8.35. The average Bonchev–Trinajstić information content (AvgIpc) is 2.76. The third kappa shape index (κ3) is 4.40. The fourth-order valence-electron chi connectivity index (χ4n) is 3.62. The first-order valence-corrected chi connectivity index (χ1v) is 9.77. The van der Waals surface area contributed by atoms with Crippen LogP contribution in [-0.4, -0.2) is 36.0 Å². The minimum atomic E-state index is -0.840. The number of carbonyl (C=O) groups excluding carboxylic acids is 2. The van der Waals surface area contributed by atoms with Crippen LogP contribution in [0.25, 0.3) is 10.8 Å². The number of rotatable bonds is 5. The number of fused-ring (bicyclic) bond motifs is 2. The Morgan fingerprint density at radius 3 is 2.52 bits per heavy atom. The first-order valence-electron chi connectivity index (χ1n) is 9.77. The molecule has 5 nitrogen and oxygen atoms in total. The van der Waals surface area contributed by atoms with Gasteiger partial charge in [-0.15, -0.1) is 0 Å². The summed E-state index contributed by atoms with van der Waals surface area (Å²) >= 11 is 0. The highest BCUT2D eigenvalue weighted by molar-refractivity contribution is 5.85. The molecule has 1 atom stereocenters. The summed E-state index contributed by atoms with van der Waals surface area (Å²) < 4.78 is 10.9. The van der Waals surface area contributed by atoms with Gasteiger partial charge < -0.3 is 14.4 Å². The fourth-order valence-corrected chi connectivity index (χ4v) is 3.62. The molecule has 5 heteroatoms. The minimum absolute atomic E-state index is 0.182. The quantitative estimate of drug-likeness (QED) is 0.624. The van der Waals surface area contributed by atoms with E-state index in [4.69, 9.17) is 9.47 Å². The molecule has 0 N–H and O–H groups in total. The van der Waals surface area contributed by atoms with Crippen LogP contribution in [0.5, 0.6) is 5.75 Å². The first kappa shape index (κ1) is 19.0. The van der Waals surface area contributed by atoms with Crippen molar-refractivity contribution in [2.75, 3.05) is 13.2 Å². The first-order chi connectivity index (χ1) is 14.1. The van der Waals surface area contributed by atoms with Crippen molar-refractivity contribution in [3.05, 3.63) is 77.9 Å². The molecule has 1 amide bonds. The SMILES string of the molecule is C[C@H](OC(=O)COc1ccc2ccccc2c1)C(=O)N1CCc2ccccc2C1. The highest BCUT2D eigenvalue weighted by atomic mass is 16.6. The van der Waals surface area contributed by atoms with Crippen LogP contribution in [0.4, 0.5) is 0 Å². The Kier molecular flexibility index (Phi) is 5.47. The lowest BCUT2D eigenvalue weighted by atomic mass is 9.99. The molecule has 0 saturated heterocycles. The van der Waals surface area contributed by atoms with Crippen LogP contribution in [0.1, 0.15) is 18.1 Å². The summed E-state index contributed by atoms with van der Waals surface area (Å²) in [5.74, 6) is -0.151. The second-order valence-corrected chi connectivity index (χ2v) is 7.21. The van der Waals surface area contributed by atoms with E-state index in [9.17, 15) is 9.59 Å². The Bertz CT molecular complexity index is 1050. The van der Waals surface area contributed by atoms with E-state index in [0.29, 0.717) is 18.8 Å². The standard InChI is InChI=1S/C24H23NO4/c1-17(24(27)25-13-12-19-7-3-5-9-21(19)15-25)29-23(26)16-28-22-11-10-18-6-2-4-8-20(18)14-22/h2-11,14,17H,12-13,15-16H2,1H3/t17-/m0/s1. The molecule has 1 aliphatic rings. The molecule has 1 heterocycles. The van der Waals surface area contributed by atoms with Crippen LogP contribution in [0.3, 0.4) is 0 Å². The molecule has 1 aliphatic heterocycles. The van der Waals surface area contributed by atoms with Crippen LogP contribution < -0.4 is 4.74 Å². The molecule has 0 radical (unpaired) electrons. The summed E-state index contributed by atoms with van der Waals surface area (Å²) in [5.41, 5.74) is 2.41. The second-order valence-electron chi connectivity index (χ2n) is 7.21. The van der Waals surface area contributed by atoms with Crippen molar-refractivity contribution in [1.82, 2.24) is 4.90 Å². The Hall–Kier alpha value is -3.34. The summed E-state index contributed by atoms with van der Waals surface area (Å²) in [6.45, 7) is 2.55. The maximum atomic E-state index is 12.7. The number of ether oxygens (including phenoxy) is 2. The maximum absolute atomic E-state index is 12.7. The molecule has 0 unspecified atom stereocenters. The zero-order valence-electron chi connectivity index (χ0n) is 16.3. The predicted octanol–water partition coefficient (Wildman–Crippen LogP) is 3.74. The molecule has 0 spiro atoms. The smallest absolute Gasteiger partial charge is 0.344 e. The fraction of sp³-hybridized carbons (Fsp3) is 0.250. The van der Waals surface area contributed by atoms with Crippen LogP contribution in [0, 0.1) is 0 Å². The van der Waals surface area contributed by atoms with Gasteiger partial charge in [0.05, 0.1) is 0 Å². The molecular formula is C24H23NO4. The van der Waals surface area contributed by atoms with E-state index in [1.54, 1.807) is 11.8 Å². The van der Waals surface area contributed by atoms with E-state index in [2.05, 4.69) is 6.07 Å². The molecule has 0 aliphatic carbocycles. The van der Waals surface area contributed by atoms with E-state index in [0.717, 1.165) is 22.8 Å². The van der Waals surface area contributed by atoms with Gasteiger partial charge in [0.25, 0.3) is 5.91 Å². The minimum Gasteiger partial charge on any atom is -0.482 e. The van der Waals surface area contributed by atoms with Gasteiger partial charge in [-0.3, -0.25) is 4.79 Å². The zero-order valence-corrected chi connectivity index (χ0v) is 16.3. The van der Waals surface area contributed by atoms with Gasteiger partial charge in [-0.05, 0) is 47.4 Å². The van der Waals surface area contributed by atoms with Gasteiger partial charge in [-0.2, -0.15) is 0 Å². The number of nitrogens with zero attached hydrogens (tertiary/aromatic N) is 1. The van der Waals surface area contributed by atoms with Crippen LogP contribution in [0.15, 0.2) is 66.7 Å². The lowest BCUT2D eigenvalue weighted by Crippen LogP contribution is -2.43. The molecule has 29 heavy (non-hydrogen) atoms. The van der Waals surface area contributed by atoms with Crippen molar-refractivity contribution in [3.8, 4) is 5.75 Å². The summed E-state index contributed by atoms with van der Waals surface area (Å²) in [7, 11) is 0. The Labute approximate surface area is 169 Å². The summed E-state index contributed by atoms with van der Waals surface area (Å²) in [5, 5.41) is 2.14. The van der Waals surface area contributed by atoms with E-state index in [1.807, 2.05) is 60.7 Å². The van der Waals surface area contributed by atoms with Gasteiger partial charge in [0.1, 0.15) is 5.75 Å². The van der Waals surface area contributed by atoms with Crippen molar-refractivity contribution in [2.24, 2.45) is 0 Å². The number of benzene rings is 3. The predicted molar refractivity (Wildman–Crippen MR) is 111 cm³/mol. The van der Waals surface area contributed by atoms with Gasteiger partial charge in [0.2, 0.25) is 0 Å². The molecule has 0 saturated carbocycles. The number of amides is 1. The molecule has 3 aromatic carbocycles. The van der Waals surface area contributed by atoms with Crippen molar-refractivity contribution >= 4 is 22.6 Å².